The van der Waals surface area contributed by atoms with Crippen LogP contribution in [-0.4, -0.2) is 19.1 Å². The van der Waals surface area contributed by atoms with Crippen molar-refractivity contribution in [1.29, 1.82) is 0 Å². The largest absolute Gasteiger partial charge is 0.309 e. The molecule has 4 nitrogen and oxygen atoms in total. The first-order chi connectivity index (χ1) is 32.7. The van der Waals surface area contributed by atoms with E-state index in [9.17, 15) is 0 Å². The maximum Gasteiger partial charge on any atom is 0.0979 e. The monoisotopic (exact) mass is 838 g/mol. The van der Waals surface area contributed by atoms with Gasteiger partial charge in [0.15, 0.2) is 0 Å². The van der Waals surface area contributed by atoms with E-state index >= 15 is 0 Å². The molecule has 0 bridgehead atoms. The molecule has 0 unspecified atom stereocenters. The highest BCUT2D eigenvalue weighted by molar-refractivity contribution is 6.24. The predicted molar refractivity (Wildman–Crippen MR) is 277 cm³/mol. The van der Waals surface area contributed by atoms with Crippen molar-refractivity contribution < 1.29 is 0 Å². The van der Waals surface area contributed by atoms with E-state index in [1.54, 1.807) is 0 Å². The highest BCUT2D eigenvalue weighted by Gasteiger charge is 2.23. The molecular weight excluding hydrogens is 801 g/mol. The highest BCUT2D eigenvalue weighted by atomic mass is 15.0. The first kappa shape index (κ1) is 36.6. The molecule has 0 aliphatic heterocycles. The Morgan fingerprint density at radius 3 is 1.67 bits per heavy atom. The molecule has 66 heavy (non-hydrogen) atoms. The lowest BCUT2D eigenvalue weighted by Gasteiger charge is -2.16. The van der Waals surface area contributed by atoms with E-state index in [0.29, 0.717) is 0 Å². The average molecular weight is 839 g/mol. The van der Waals surface area contributed by atoms with E-state index < -0.39 is 0 Å². The Morgan fingerprint density at radius 1 is 0.273 bits per heavy atom. The van der Waals surface area contributed by atoms with Gasteiger partial charge < -0.3 is 9.13 Å². The molecule has 0 spiro atoms. The summed E-state index contributed by atoms with van der Waals surface area (Å²) in [5.74, 6) is 0. The van der Waals surface area contributed by atoms with Crippen LogP contribution in [0.5, 0.6) is 0 Å². The Balaban J connectivity index is 1.04. The van der Waals surface area contributed by atoms with Crippen LogP contribution in [0.4, 0.5) is 0 Å². The van der Waals surface area contributed by atoms with Crippen LogP contribution in [0, 0.1) is 0 Å². The van der Waals surface area contributed by atoms with Crippen LogP contribution in [0.2, 0.25) is 0 Å². The van der Waals surface area contributed by atoms with Crippen molar-refractivity contribution in [1.82, 2.24) is 19.1 Å². The van der Waals surface area contributed by atoms with E-state index in [1.165, 1.54) is 65.3 Å². The third-order valence-corrected chi connectivity index (χ3v) is 13.7. The molecule has 3 heterocycles. The smallest absolute Gasteiger partial charge is 0.0979 e. The van der Waals surface area contributed by atoms with Crippen molar-refractivity contribution in [3.63, 3.8) is 0 Å². The summed E-state index contributed by atoms with van der Waals surface area (Å²) in [6.45, 7) is 0. The topological polar surface area (TPSA) is 35.6 Å². The molecule has 0 atom stereocenters. The van der Waals surface area contributed by atoms with Gasteiger partial charge in [-0.25, -0.2) is 9.97 Å². The Bertz CT molecular complexity index is 4270. The summed E-state index contributed by atoms with van der Waals surface area (Å²) < 4.78 is 4.98. The summed E-state index contributed by atoms with van der Waals surface area (Å²) in [6, 6.07) is 83.3. The minimum Gasteiger partial charge on any atom is -0.309 e. The van der Waals surface area contributed by atoms with E-state index in [2.05, 4.69) is 228 Å². The summed E-state index contributed by atoms with van der Waals surface area (Å²) in [4.78, 5) is 10.8. The van der Waals surface area contributed by atoms with Gasteiger partial charge in [-0.2, -0.15) is 0 Å². The zero-order valence-corrected chi connectivity index (χ0v) is 35.7. The highest BCUT2D eigenvalue weighted by Crippen LogP contribution is 2.44. The molecule has 0 fully saturated rings. The second-order valence-electron chi connectivity index (χ2n) is 17.3. The fourth-order valence-corrected chi connectivity index (χ4v) is 10.7. The van der Waals surface area contributed by atoms with Crippen LogP contribution in [0.25, 0.3) is 132 Å². The summed E-state index contributed by atoms with van der Waals surface area (Å²) in [5, 5.41) is 12.1. The number of hydrogen-bond donors (Lipinski definition) is 0. The number of nitrogens with zero attached hydrogens (tertiary/aromatic N) is 4. The van der Waals surface area contributed by atoms with Crippen molar-refractivity contribution >= 4 is 87.0 Å². The van der Waals surface area contributed by atoms with Crippen molar-refractivity contribution in [2.24, 2.45) is 0 Å². The molecule has 0 amide bonds. The number of aromatic nitrogens is 4. The molecule has 0 aliphatic carbocycles. The molecule has 14 aromatic rings. The van der Waals surface area contributed by atoms with Gasteiger partial charge in [-0.05, 0) is 92.7 Å². The fourth-order valence-electron chi connectivity index (χ4n) is 10.7. The third-order valence-electron chi connectivity index (χ3n) is 13.7. The third kappa shape index (κ3) is 5.45. The normalized spacial score (nSPS) is 11.9. The molecule has 0 radical (unpaired) electrons. The molecule has 11 aromatic carbocycles. The Morgan fingerprint density at radius 2 is 0.833 bits per heavy atom. The van der Waals surface area contributed by atoms with Crippen LogP contribution in [0.3, 0.4) is 0 Å². The Kier molecular flexibility index (Phi) is 7.95. The van der Waals surface area contributed by atoms with Crippen LogP contribution in [-0.2, 0) is 0 Å². The van der Waals surface area contributed by atoms with Gasteiger partial charge in [0.1, 0.15) is 0 Å². The van der Waals surface area contributed by atoms with Crippen LogP contribution in [0.1, 0.15) is 0 Å². The van der Waals surface area contributed by atoms with Gasteiger partial charge in [0, 0.05) is 38.1 Å². The second kappa shape index (κ2) is 14.3. The average Bonchev–Trinajstić information content (AvgIpc) is 3.90. The van der Waals surface area contributed by atoms with Crippen LogP contribution >= 0.6 is 0 Å². The molecular formula is C62H38N4. The summed E-state index contributed by atoms with van der Waals surface area (Å²) in [7, 11) is 0. The molecule has 14 rings (SSSR count). The standard InChI is InChI=1S/C62H38N4/c1-2-15-39(16-3-1)40-31-33-42(34-32-40)61-62(64-52-26-10-9-25-51(52)63-61)48-24-12-23-47-46(48)22-13-28-53(47)66-56-30-14-29-55(60(56)50-37-43-18-4-5-19-44(43)38-58(50)66)65-54-27-11-8-21-49(54)59-45-20-7-6-17-41(45)35-36-57(59)65/h1-38H. The van der Waals surface area contributed by atoms with Gasteiger partial charge in [0.25, 0.3) is 0 Å². The van der Waals surface area contributed by atoms with Gasteiger partial charge in [0.05, 0.1) is 55.9 Å². The number of benzene rings is 11. The van der Waals surface area contributed by atoms with Crippen LogP contribution < -0.4 is 0 Å². The van der Waals surface area contributed by atoms with Crippen molar-refractivity contribution in [3.8, 4) is 45.0 Å². The fraction of sp³-hybridized carbons (Fsp3) is 0. The summed E-state index contributed by atoms with van der Waals surface area (Å²) in [5.41, 5.74) is 14.8. The lowest BCUT2D eigenvalue weighted by Crippen LogP contribution is -1.99. The van der Waals surface area contributed by atoms with E-state index in [0.717, 1.165) is 66.7 Å². The molecule has 0 saturated heterocycles. The van der Waals surface area contributed by atoms with Crippen molar-refractivity contribution in [3.05, 3.63) is 231 Å². The molecule has 306 valence electrons. The molecule has 0 N–H and O–H groups in total. The van der Waals surface area contributed by atoms with Crippen LogP contribution in [0.15, 0.2) is 231 Å². The summed E-state index contributed by atoms with van der Waals surface area (Å²) in [6.07, 6.45) is 0. The SMILES string of the molecule is c1ccc(-c2ccc(-c3nc4ccccc4nc3-c3cccc4c(-n5c6cc7ccccc7cc6c6c(-n7c8ccccc8c8c9ccccc9ccc87)cccc65)cccc34)cc2)cc1. The van der Waals surface area contributed by atoms with E-state index in [4.69, 9.17) is 9.97 Å². The van der Waals surface area contributed by atoms with E-state index in [1.807, 2.05) is 12.1 Å². The van der Waals surface area contributed by atoms with Crippen molar-refractivity contribution in [2.45, 2.75) is 0 Å². The van der Waals surface area contributed by atoms with Crippen molar-refractivity contribution in [2.75, 3.05) is 0 Å². The number of fused-ring (bicyclic) bond motifs is 11. The molecule has 4 heteroatoms. The zero-order chi connectivity index (χ0) is 43.3. The molecule has 0 saturated carbocycles. The predicted octanol–water partition coefficient (Wildman–Crippen LogP) is 16.3. The van der Waals surface area contributed by atoms with Gasteiger partial charge in [0.2, 0.25) is 0 Å². The second-order valence-corrected chi connectivity index (χ2v) is 17.3. The quantitative estimate of drug-likeness (QED) is 0.173. The van der Waals surface area contributed by atoms with Gasteiger partial charge >= 0.3 is 0 Å². The lowest BCUT2D eigenvalue weighted by molar-refractivity contribution is 1.18. The lowest BCUT2D eigenvalue weighted by atomic mass is 9.96. The zero-order valence-electron chi connectivity index (χ0n) is 35.7. The number of hydrogen-bond acceptors (Lipinski definition) is 2. The Labute approximate surface area is 379 Å². The first-order valence-corrected chi connectivity index (χ1v) is 22.6. The van der Waals surface area contributed by atoms with Gasteiger partial charge in [-0.3, -0.25) is 0 Å². The number of para-hydroxylation sites is 3. The molecule has 0 aliphatic rings. The maximum atomic E-state index is 5.42. The number of rotatable bonds is 5. The summed E-state index contributed by atoms with van der Waals surface area (Å²) >= 11 is 0. The Hall–Kier alpha value is -8.86. The van der Waals surface area contributed by atoms with Gasteiger partial charge in [-0.15, -0.1) is 0 Å². The molecule has 3 aromatic heterocycles. The minimum absolute atomic E-state index is 0.859. The maximum absolute atomic E-state index is 5.42. The van der Waals surface area contributed by atoms with Gasteiger partial charge in [-0.1, -0.05) is 176 Å². The van der Waals surface area contributed by atoms with E-state index in [-0.39, 0.29) is 0 Å². The first-order valence-electron chi connectivity index (χ1n) is 22.6. The minimum atomic E-state index is 0.859.